The predicted octanol–water partition coefficient (Wildman–Crippen LogP) is 3.98. The van der Waals surface area contributed by atoms with E-state index in [0.717, 1.165) is 19.0 Å². The highest BCUT2D eigenvalue weighted by Crippen LogP contribution is 2.26. The van der Waals surface area contributed by atoms with Crippen molar-refractivity contribution in [2.45, 2.75) is 47.1 Å². The summed E-state index contributed by atoms with van der Waals surface area (Å²) in [6.07, 6.45) is 2.71. The summed E-state index contributed by atoms with van der Waals surface area (Å²) in [5.41, 5.74) is 4.25. The van der Waals surface area contributed by atoms with Crippen molar-refractivity contribution in [2.24, 2.45) is 11.8 Å². The van der Waals surface area contributed by atoms with Gasteiger partial charge >= 0.3 is 0 Å². The third-order valence-corrected chi connectivity index (χ3v) is 4.14. The molecule has 0 bridgehead atoms. The Hall–Kier alpha value is -1.02. The summed E-state index contributed by atoms with van der Waals surface area (Å²) in [4.78, 5) is 2.56. The molecule has 0 saturated carbocycles. The topological polar surface area (TPSA) is 15.3 Å². The number of hydrogen-bond donors (Lipinski definition) is 1. The lowest BCUT2D eigenvalue weighted by atomic mass is 9.98. The van der Waals surface area contributed by atoms with Crippen LogP contribution in [0.1, 0.15) is 44.7 Å². The number of anilines is 1. The lowest BCUT2D eigenvalue weighted by molar-refractivity contribution is 0.446. The molecular weight excluding hydrogens is 244 g/mol. The number of piperidine rings is 1. The normalized spacial score (nSPS) is 19.6. The average molecular weight is 274 g/mol. The third kappa shape index (κ3) is 4.24. The van der Waals surface area contributed by atoms with Gasteiger partial charge in [-0.3, -0.25) is 0 Å². The second-order valence-electron chi connectivity index (χ2n) is 6.84. The van der Waals surface area contributed by atoms with E-state index in [0.29, 0.717) is 5.92 Å². The predicted molar refractivity (Wildman–Crippen MR) is 88.3 cm³/mol. The van der Waals surface area contributed by atoms with Gasteiger partial charge in [-0.25, -0.2) is 0 Å². The first kappa shape index (κ1) is 15.4. The minimum Gasteiger partial charge on any atom is -0.371 e. The number of hydrogen-bond acceptors (Lipinski definition) is 2. The zero-order valence-corrected chi connectivity index (χ0v) is 13.6. The number of rotatable bonds is 5. The van der Waals surface area contributed by atoms with Gasteiger partial charge in [-0.05, 0) is 55.3 Å². The van der Waals surface area contributed by atoms with E-state index < -0.39 is 0 Å². The Bertz CT molecular complexity index is 425. The minimum absolute atomic E-state index is 0.713. The smallest absolute Gasteiger partial charge is 0.0396 e. The molecule has 2 nitrogen and oxygen atoms in total. The molecule has 2 rings (SSSR count). The number of aryl methyl sites for hydroxylation is 1. The summed E-state index contributed by atoms with van der Waals surface area (Å²) in [7, 11) is 0. The van der Waals surface area contributed by atoms with Crippen molar-refractivity contribution in [1.82, 2.24) is 5.32 Å². The summed E-state index contributed by atoms with van der Waals surface area (Å²) in [5.74, 6) is 1.54. The van der Waals surface area contributed by atoms with Crippen LogP contribution in [0.4, 0.5) is 5.69 Å². The molecule has 1 aromatic carbocycles. The van der Waals surface area contributed by atoms with Gasteiger partial charge in [0.1, 0.15) is 0 Å². The fourth-order valence-corrected chi connectivity index (χ4v) is 3.10. The SMILES string of the molecule is Cc1cc(CNCC(C)C)ccc1N1CCCC(C)C1. The summed E-state index contributed by atoms with van der Waals surface area (Å²) < 4.78 is 0. The molecule has 0 spiro atoms. The molecule has 0 radical (unpaired) electrons. The molecule has 1 fully saturated rings. The second-order valence-corrected chi connectivity index (χ2v) is 6.84. The van der Waals surface area contributed by atoms with E-state index in [1.54, 1.807) is 0 Å². The highest BCUT2D eigenvalue weighted by Gasteiger charge is 2.17. The van der Waals surface area contributed by atoms with Crippen molar-refractivity contribution in [3.63, 3.8) is 0 Å². The van der Waals surface area contributed by atoms with Crippen LogP contribution < -0.4 is 10.2 Å². The van der Waals surface area contributed by atoms with Crippen LogP contribution in [0.5, 0.6) is 0 Å². The van der Waals surface area contributed by atoms with Gasteiger partial charge in [0, 0.05) is 25.3 Å². The van der Waals surface area contributed by atoms with Crippen LogP contribution in [0.15, 0.2) is 18.2 Å². The lowest BCUT2D eigenvalue weighted by Crippen LogP contribution is -2.34. The molecule has 1 aliphatic rings. The van der Waals surface area contributed by atoms with E-state index >= 15 is 0 Å². The largest absolute Gasteiger partial charge is 0.371 e. The summed E-state index contributed by atoms with van der Waals surface area (Å²) in [6, 6.07) is 6.95. The van der Waals surface area contributed by atoms with Crippen LogP contribution in [-0.2, 0) is 6.54 Å². The fraction of sp³-hybridized carbons (Fsp3) is 0.667. The Balaban J connectivity index is 1.98. The first-order chi connectivity index (χ1) is 9.56. The maximum Gasteiger partial charge on any atom is 0.0396 e. The standard InChI is InChI=1S/C18H30N2/c1-14(2)11-19-12-17-7-8-18(16(4)10-17)20-9-5-6-15(3)13-20/h7-8,10,14-15,19H,5-6,9,11-13H2,1-4H3. The molecular formula is C18H30N2. The van der Waals surface area contributed by atoms with Crippen molar-refractivity contribution < 1.29 is 0 Å². The van der Waals surface area contributed by atoms with Gasteiger partial charge in [0.25, 0.3) is 0 Å². The molecule has 0 aromatic heterocycles. The Morgan fingerprint density at radius 2 is 2.15 bits per heavy atom. The summed E-state index contributed by atoms with van der Waals surface area (Å²) in [6.45, 7) is 13.6. The molecule has 1 saturated heterocycles. The van der Waals surface area contributed by atoms with Crippen molar-refractivity contribution in [3.8, 4) is 0 Å². The van der Waals surface area contributed by atoms with Crippen molar-refractivity contribution in [1.29, 1.82) is 0 Å². The monoisotopic (exact) mass is 274 g/mol. The number of nitrogens with zero attached hydrogens (tertiary/aromatic N) is 1. The van der Waals surface area contributed by atoms with E-state index in [2.05, 4.69) is 56.1 Å². The highest BCUT2D eigenvalue weighted by molar-refractivity contribution is 5.54. The molecule has 1 N–H and O–H groups in total. The summed E-state index contributed by atoms with van der Waals surface area (Å²) in [5, 5.41) is 3.52. The van der Waals surface area contributed by atoms with Gasteiger partial charge in [0.2, 0.25) is 0 Å². The fourth-order valence-electron chi connectivity index (χ4n) is 3.10. The molecule has 0 amide bonds. The van der Waals surface area contributed by atoms with Gasteiger partial charge in [-0.1, -0.05) is 32.9 Å². The third-order valence-electron chi connectivity index (χ3n) is 4.14. The Morgan fingerprint density at radius 1 is 1.35 bits per heavy atom. The molecule has 1 aliphatic heterocycles. The van der Waals surface area contributed by atoms with Crippen LogP contribution >= 0.6 is 0 Å². The van der Waals surface area contributed by atoms with Crippen LogP contribution in [0, 0.1) is 18.8 Å². The molecule has 2 heteroatoms. The Kier molecular flexibility index (Phi) is 5.47. The summed E-state index contributed by atoms with van der Waals surface area (Å²) >= 11 is 0. The van der Waals surface area contributed by atoms with E-state index in [9.17, 15) is 0 Å². The van der Waals surface area contributed by atoms with Gasteiger partial charge in [-0.2, -0.15) is 0 Å². The van der Waals surface area contributed by atoms with Gasteiger partial charge < -0.3 is 10.2 Å². The maximum absolute atomic E-state index is 3.52. The first-order valence-corrected chi connectivity index (χ1v) is 8.11. The zero-order valence-electron chi connectivity index (χ0n) is 13.6. The van der Waals surface area contributed by atoms with Crippen molar-refractivity contribution in [2.75, 3.05) is 24.5 Å². The van der Waals surface area contributed by atoms with Crippen LogP contribution in [-0.4, -0.2) is 19.6 Å². The molecule has 0 aliphatic carbocycles. The molecule has 1 unspecified atom stereocenters. The Morgan fingerprint density at radius 3 is 2.80 bits per heavy atom. The van der Waals surface area contributed by atoms with Crippen molar-refractivity contribution in [3.05, 3.63) is 29.3 Å². The quantitative estimate of drug-likeness (QED) is 0.874. The number of benzene rings is 1. The van der Waals surface area contributed by atoms with E-state index in [4.69, 9.17) is 0 Å². The van der Waals surface area contributed by atoms with Gasteiger partial charge in [0.05, 0.1) is 0 Å². The molecule has 20 heavy (non-hydrogen) atoms. The van der Waals surface area contributed by atoms with Crippen molar-refractivity contribution >= 4 is 5.69 Å². The van der Waals surface area contributed by atoms with Crippen LogP contribution in [0.25, 0.3) is 0 Å². The van der Waals surface area contributed by atoms with E-state index in [-0.39, 0.29) is 0 Å². The molecule has 1 atom stereocenters. The molecule has 1 heterocycles. The number of nitrogens with one attached hydrogen (secondary N) is 1. The molecule has 112 valence electrons. The van der Waals surface area contributed by atoms with E-state index in [1.807, 2.05) is 0 Å². The van der Waals surface area contributed by atoms with Crippen LogP contribution in [0.3, 0.4) is 0 Å². The van der Waals surface area contributed by atoms with Gasteiger partial charge in [0.15, 0.2) is 0 Å². The minimum atomic E-state index is 0.713. The van der Waals surface area contributed by atoms with E-state index in [1.165, 1.54) is 42.7 Å². The zero-order chi connectivity index (χ0) is 14.5. The highest BCUT2D eigenvalue weighted by atomic mass is 15.1. The average Bonchev–Trinajstić information content (AvgIpc) is 2.38. The van der Waals surface area contributed by atoms with Crippen LogP contribution in [0.2, 0.25) is 0 Å². The Labute approximate surface area is 124 Å². The van der Waals surface area contributed by atoms with Gasteiger partial charge in [-0.15, -0.1) is 0 Å². The lowest BCUT2D eigenvalue weighted by Gasteiger charge is -2.34. The first-order valence-electron chi connectivity index (χ1n) is 8.11. The maximum atomic E-state index is 3.52. The molecule has 1 aromatic rings. The second kappa shape index (κ2) is 7.12.